The first-order valence-electron chi connectivity index (χ1n) is 11.5. The number of methoxy groups -OCH3 is 1. The largest absolute Gasteiger partial charge is 0.507 e. The molecule has 12 nitrogen and oxygen atoms in total. The normalized spacial score (nSPS) is 14.5. The van der Waals surface area contributed by atoms with Crippen LogP contribution < -0.4 is 25.4 Å². The van der Waals surface area contributed by atoms with E-state index in [-0.39, 0.29) is 45.8 Å². The fourth-order valence-electron chi connectivity index (χ4n) is 4.50. The van der Waals surface area contributed by atoms with Crippen molar-refractivity contribution in [3.8, 4) is 51.6 Å². The topological polar surface area (TPSA) is 199 Å². The van der Waals surface area contributed by atoms with Crippen LogP contribution in [0.15, 0.2) is 51.7 Å². The number of benzene rings is 3. The lowest BCUT2D eigenvalue weighted by Gasteiger charge is -2.26. The Balaban J connectivity index is 1.77. The summed E-state index contributed by atoms with van der Waals surface area (Å²) in [6.07, 6.45) is -0.200. The summed E-state index contributed by atoms with van der Waals surface area (Å²) in [6.45, 7) is -0.434. The molecule has 1 aromatic heterocycles. The van der Waals surface area contributed by atoms with Gasteiger partial charge in [0.05, 0.1) is 13.5 Å². The molecule has 1 aliphatic rings. The molecular formula is C27H21NO11. The van der Waals surface area contributed by atoms with Crippen LogP contribution in [-0.4, -0.2) is 46.0 Å². The average Bonchev–Trinajstić information content (AvgIpc) is 2.90. The molecular weight excluding hydrogens is 514 g/mol. The quantitative estimate of drug-likeness (QED) is 0.138. The Morgan fingerprint density at radius 1 is 1.00 bits per heavy atom. The van der Waals surface area contributed by atoms with Crippen molar-refractivity contribution in [1.82, 2.24) is 0 Å². The highest BCUT2D eigenvalue weighted by atomic mass is 16.5. The van der Waals surface area contributed by atoms with Crippen LogP contribution in [0.5, 0.6) is 40.2 Å². The monoisotopic (exact) mass is 535 g/mol. The Morgan fingerprint density at radius 2 is 1.77 bits per heavy atom. The molecule has 1 unspecified atom stereocenters. The highest BCUT2D eigenvalue weighted by Crippen LogP contribution is 2.48. The first kappa shape index (κ1) is 25.3. The molecule has 0 radical (unpaired) electrons. The Morgan fingerprint density at radius 3 is 2.46 bits per heavy atom. The number of primary amides is 1. The first-order chi connectivity index (χ1) is 18.6. The summed E-state index contributed by atoms with van der Waals surface area (Å²) in [4.78, 5) is 37.0. The van der Waals surface area contributed by atoms with Crippen molar-refractivity contribution in [2.24, 2.45) is 5.73 Å². The van der Waals surface area contributed by atoms with E-state index in [4.69, 9.17) is 24.4 Å². The van der Waals surface area contributed by atoms with Crippen LogP contribution >= 0.6 is 0 Å². The van der Waals surface area contributed by atoms with Crippen molar-refractivity contribution in [1.29, 1.82) is 0 Å². The van der Waals surface area contributed by atoms with Crippen molar-refractivity contribution < 1.29 is 48.6 Å². The van der Waals surface area contributed by atoms with E-state index in [2.05, 4.69) is 0 Å². The minimum atomic E-state index is -0.977. The SMILES string of the molecule is COc1ccc(C2CC(=O)Oc3cc(O)c4c(=O)c(O)c(-c5ccc(O)c(O)c5)oc4c32)cc1OCC(N)=O. The van der Waals surface area contributed by atoms with Gasteiger partial charge in [-0.25, -0.2) is 0 Å². The summed E-state index contributed by atoms with van der Waals surface area (Å²) >= 11 is 0. The lowest BCUT2D eigenvalue weighted by molar-refractivity contribution is -0.135. The van der Waals surface area contributed by atoms with Gasteiger partial charge in [-0.2, -0.15) is 0 Å². The van der Waals surface area contributed by atoms with Crippen molar-refractivity contribution in [3.63, 3.8) is 0 Å². The molecule has 0 bridgehead atoms. The lowest BCUT2D eigenvalue weighted by atomic mass is 9.85. The van der Waals surface area contributed by atoms with Crippen molar-refractivity contribution in [2.45, 2.75) is 12.3 Å². The molecule has 1 aliphatic heterocycles. The van der Waals surface area contributed by atoms with E-state index in [1.54, 1.807) is 12.1 Å². The second kappa shape index (κ2) is 9.49. The third-order valence-corrected chi connectivity index (χ3v) is 6.26. The van der Waals surface area contributed by atoms with Gasteiger partial charge in [-0.3, -0.25) is 14.4 Å². The molecule has 0 saturated carbocycles. The molecule has 39 heavy (non-hydrogen) atoms. The summed E-state index contributed by atoms with van der Waals surface area (Å²) in [5.74, 6) is -4.52. The number of amides is 1. The number of hydrogen-bond donors (Lipinski definition) is 5. The zero-order chi connectivity index (χ0) is 28.0. The Bertz CT molecular complexity index is 1720. The summed E-state index contributed by atoms with van der Waals surface area (Å²) in [6, 6.07) is 9.33. The maximum absolute atomic E-state index is 13.2. The molecule has 0 aliphatic carbocycles. The molecule has 0 spiro atoms. The number of aromatic hydroxyl groups is 4. The van der Waals surface area contributed by atoms with E-state index in [1.165, 1.54) is 19.2 Å². The van der Waals surface area contributed by atoms with Crippen LogP contribution in [0, 0.1) is 0 Å². The van der Waals surface area contributed by atoms with Gasteiger partial charge in [0.15, 0.2) is 35.4 Å². The molecule has 4 aromatic rings. The Labute approximate surface area is 219 Å². The Hall–Kier alpha value is -5.39. The van der Waals surface area contributed by atoms with Crippen molar-refractivity contribution in [3.05, 3.63) is 63.8 Å². The minimum absolute atomic E-state index is 0.0508. The van der Waals surface area contributed by atoms with Crippen molar-refractivity contribution >= 4 is 22.8 Å². The molecule has 0 fully saturated rings. The van der Waals surface area contributed by atoms with E-state index < -0.39 is 52.8 Å². The lowest BCUT2D eigenvalue weighted by Crippen LogP contribution is -2.22. The van der Waals surface area contributed by atoms with Crippen LogP contribution in [0.1, 0.15) is 23.5 Å². The average molecular weight is 535 g/mol. The van der Waals surface area contributed by atoms with Gasteiger partial charge in [0.25, 0.3) is 5.91 Å². The second-order valence-electron chi connectivity index (χ2n) is 8.72. The van der Waals surface area contributed by atoms with Gasteiger partial charge >= 0.3 is 5.97 Å². The van der Waals surface area contributed by atoms with Crippen molar-refractivity contribution in [2.75, 3.05) is 13.7 Å². The van der Waals surface area contributed by atoms with Gasteiger partial charge < -0.3 is 44.8 Å². The number of carbonyl (C=O) groups excluding carboxylic acids is 2. The first-order valence-corrected chi connectivity index (χ1v) is 11.5. The van der Waals surface area contributed by atoms with Crippen LogP contribution in [-0.2, 0) is 9.59 Å². The molecule has 200 valence electrons. The van der Waals surface area contributed by atoms with E-state index in [0.717, 1.165) is 18.2 Å². The van der Waals surface area contributed by atoms with Gasteiger partial charge in [-0.05, 0) is 35.9 Å². The maximum Gasteiger partial charge on any atom is 0.312 e. The fraction of sp³-hybridized carbons (Fsp3) is 0.148. The van der Waals surface area contributed by atoms with Gasteiger partial charge in [-0.15, -0.1) is 0 Å². The summed E-state index contributed by atoms with van der Waals surface area (Å²) < 4.78 is 22.1. The zero-order valence-corrected chi connectivity index (χ0v) is 20.3. The number of fused-ring (bicyclic) bond motifs is 3. The standard InChI is InChI=1S/C27H21NO11/c1-36-17-5-3-11(7-18(17)37-10-20(28)32)13-8-21(33)38-19-9-16(31)23-24(34)25(35)26(39-27(23)22(13)19)12-2-4-14(29)15(30)6-12/h2-7,9,13,29-31,35H,8,10H2,1H3,(H2,28,32). The van der Waals surface area contributed by atoms with Gasteiger partial charge in [0, 0.05) is 23.1 Å². The summed E-state index contributed by atoms with van der Waals surface area (Å²) in [5.41, 5.74) is 4.79. The molecule has 6 N–H and O–H groups in total. The number of carbonyl (C=O) groups is 2. The molecule has 1 amide bonds. The molecule has 0 saturated heterocycles. The number of esters is 1. The second-order valence-corrected chi connectivity index (χ2v) is 8.72. The minimum Gasteiger partial charge on any atom is -0.507 e. The van der Waals surface area contributed by atoms with Gasteiger partial charge in [-0.1, -0.05) is 6.07 Å². The molecule has 3 aromatic carbocycles. The molecule has 5 rings (SSSR count). The van der Waals surface area contributed by atoms with Crippen LogP contribution in [0.2, 0.25) is 0 Å². The van der Waals surface area contributed by atoms with Gasteiger partial charge in [0.2, 0.25) is 11.2 Å². The molecule has 1 atom stereocenters. The predicted octanol–water partition coefficient (Wildman–Crippen LogP) is 2.60. The highest BCUT2D eigenvalue weighted by Gasteiger charge is 2.35. The summed E-state index contributed by atoms with van der Waals surface area (Å²) in [7, 11) is 1.40. The third-order valence-electron chi connectivity index (χ3n) is 6.26. The smallest absolute Gasteiger partial charge is 0.312 e. The van der Waals surface area contributed by atoms with E-state index in [1.807, 2.05) is 0 Å². The van der Waals surface area contributed by atoms with E-state index in [9.17, 15) is 34.8 Å². The number of phenolic OH excluding ortho intramolecular Hbond substituents is 3. The van der Waals surface area contributed by atoms with Gasteiger partial charge in [0.1, 0.15) is 22.5 Å². The highest BCUT2D eigenvalue weighted by molar-refractivity contribution is 5.94. The zero-order valence-electron chi connectivity index (χ0n) is 20.3. The molecule has 12 heteroatoms. The Kier molecular flexibility index (Phi) is 6.15. The maximum atomic E-state index is 13.2. The predicted molar refractivity (Wildman–Crippen MR) is 134 cm³/mol. The number of phenols is 3. The third kappa shape index (κ3) is 4.37. The van der Waals surface area contributed by atoms with Crippen LogP contribution in [0.25, 0.3) is 22.3 Å². The van der Waals surface area contributed by atoms with Crippen LogP contribution in [0.4, 0.5) is 0 Å². The fourth-order valence-corrected chi connectivity index (χ4v) is 4.50. The van der Waals surface area contributed by atoms with Crippen LogP contribution in [0.3, 0.4) is 0 Å². The number of hydrogen-bond acceptors (Lipinski definition) is 11. The number of ether oxygens (including phenoxy) is 3. The molecule has 2 heterocycles. The number of nitrogens with two attached hydrogens (primary N) is 1. The number of rotatable bonds is 6. The van der Waals surface area contributed by atoms with E-state index >= 15 is 0 Å². The van der Waals surface area contributed by atoms with E-state index in [0.29, 0.717) is 11.3 Å². The summed E-state index contributed by atoms with van der Waals surface area (Å²) in [5, 5.41) is 40.5.